The molecule has 0 unspecified atom stereocenters. The minimum Gasteiger partial charge on any atom is -0.507 e. The van der Waals surface area contributed by atoms with Gasteiger partial charge >= 0.3 is 0 Å². The van der Waals surface area contributed by atoms with Crippen molar-refractivity contribution in [1.29, 1.82) is 0 Å². The molecule has 166 valence electrons. The number of phenols is 1. The topological polar surface area (TPSA) is 20.2 Å². The molecular formula is C30H40O. The summed E-state index contributed by atoms with van der Waals surface area (Å²) in [6.45, 7) is 24.4. The number of hydrogen-bond acceptors (Lipinski definition) is 1. The Labute approximate surface area is 189 Å². The highest BCUT2D eigenvalue weighted by molar-refractivity contribution is 5.78. The predicted octanol–water partition coefficient (Wildman–Crippen LogP) is 8.73. The van der Waals surface area contributed by atoms with Gasteiger partial charge in [0.25, 0.3) is 0 Å². The van der Waals surface area contributed by atoms with E-state index in [-0.39, 0.29) is 16.7 Å². The van der Waals surface area contributed by atoms with Crippen LogP contribution in [0.15, 0.2) is 52.6 Å². The second-order valence-electron chi connectivity index (χ2n) is 11.6. The fraction of sp³-hybridized carbons (Fsp3) is 0.467. The number of aromatic hydroxyl groups is 1. The van der Waals surface area contributed by atoms with E-state index in [9.17, 15) is 5.11 Å². The number of hydrogen-bond donors (Lipinski definition) is 1. The van der Waals surface area contributed by atoms with Crippen molar-refractivity contribution in [1.82, 2.24) is 0 Å². The zero-order valence-corrected chi connectivity index (χ0v) is 21.4. The van der Waals surface area contributed by atoms with Crippen LogP contribution in [0.3, 0.4) is 0 Å². The van der Waals surface area contributed by atoms with E-state index < -0.39 is 0 Å². The van der Waals surface area contributed by atoms with Gasteiger partial charge in [0.05, 0.1) is 0 Å². The van der Waals surface area contributed by atoms with Crippen LogP contribution in [0.1, 0.15) is 97.4 Å². The van der Waals surface area contributed by atoms with Crippen LogP contribution >= 0.6 is 0 Å². The summed E-state index contributed by atoms with van der Waals surface area (Å²) in [7, 11) is 0. The van der Waals surface area contributed by atoms with E-state index in [0.29, 0.717) is 5.75 Å². The second kappa shape index (κ2) is 7.69. The molecule has 2 aromatic carbocycles. The molecule has 31 heavy (non-hydrogen) atoms. The van der Waals surface area contributed by atoms with E-state index in [0.717, 1.165) is 16.7 Å². The molecule has 2 aromatic rings. The fourth-order valence-corrected chi connectivity index (χ4v) is 4.83. The van der Waals surface area contributed by atoms with Gasteiger partial charge in [-0.25, -0.2) is 0 Å². The second-order valence-corrected chi connectivity index (χ2v) is 11.6. The van der Waals surface area contributed by atoms with Crippen molar-refractivity contribution >= 4 is 0 Å². The molecule has 0 saturated carbocycles. The fourth-order valence-electron chi connectivity index (χ4n) is 4.83. The lowest BCUT2D eigenvalue weighted by Gasteiger charge is -2.29. The van der Waals surface area contributed by atoms with E-state index in [1.54, 1.807) is 0 Å². The number of benzene rings is 2. The summed E-state index contributed by atoms with van der Waals surface area (Å²) in [4.78, 5) is 0. The quantitative estimate of drug-likeness (QED) is 0.519. The molecule has 0 bridgehead atoms. The Morgan fingerprint density at radius 3 is 1.71 bits per heavy atom. The summed E-state index contributed by atoms with van der Waals surface area (Å²) in [5.41, 5.74) is 12.4. The molecule has 0 aromatic heterocycles. The van der Waals surface area contributed by atoms with Crippen molar-refractivity contribution in [3.05, 3.63) is 74.9 Å². The van der Waals surface area contributed by atoms with Gasteiger partial charge in [-0.05, 0) is 79.4 Å². The average Bonchev–Trinajstić information content (AvgIpc) is 2.83. The number of rotatable bonds is 2. The lowest BCUT2D eigenvalue weighted by atomic mass is 9.76. The standard InChI is InChI=1S/C30H40O/c1-17-12-13-23(24(14-17)27-20(4)18(2)19(3)21(27)5)25-15-22(29(6,7)8)16-26(28(25)31)30(9,10)11/h12-16,27,31H,1-11H3. The van der Waals surface area contributed by atoms with E-state index in [4.69, 9.17) is 0 Å². The molecule has 0 amide bonds. The molecule has 1 aliphatic carbocycles. The molecule has 0 heterocycles. The molecule has 1 heteroatoms. The van der Waals surface area contributed by atoms with Crippen LogP contribution in [0, 0.1) is 6.92 Å². The maximum Gasteiger partial charge on any atom is 0.127 e. The molecule has 1 N–H and O–H groups in total. The van der Waals surface area contributed by atoms with E-state index >= 15 is 0 Å². The highest BCUT2D eigenvalue weighted by Gasteiger charge is 2.30. The summed E-state index contributed by atoms with van der Waals surface area (Å²) in [5, 5.41) is 11.5. The van der Waals surface area contributed by atoms with Crippen molar-refractivity contribution in [3.8, 4) is 16.9 Å². The average molecular weight is 417 g/mol. The van der Waals surface area contributed by atoms with Gasteiger partial charge < -0.3 is 5.11 Å². The Balaban J connectivity index is 2.38. The minimum absolute atomic E-state index is 0.000512. The molecular weight excluding hydrogens is 376 g/mol. The Morgan fingerprint density at radius 1 is 0.677 bits per heavy atom. The van der Waals surface area contributed by atoms with Crippen LogP contribution in [0.2, 0.25) is 0 Å². The van der Waals surface area contributed by atoms with Gasteiger partial charge in [0, 0.05) is 17.0 Å². The maximum absolute atomic E-state index is 11.5. The SMILES string of the molecule is CC1=C(C)C(c2cc(C)ccc2-c2cc(C(C)(C)C)cc(C(C)(C)C)c2O)C(C)=C1C. The first-order valence-electron chi connectivity index (χ1n) is 11.5. The molecule has 0 atom stereocenters. The van der Waals surface area contributed by atoms with Gasteiger partial charge in [0.1, 0.15) is 5.75 Å². The number of phenolic OH excluding ortho intramolecular Hbond substituents is 1. The normalized spacial score (nSPS) is 16.0. The van der Waals surface area contributed by atoms with Gasteiger partial charge in [-0.1, -0.05) is 82.5 Å². The molecule has 0 radical (unpaired) electrons. The van der Waals surface area contributed by atoms with Crippen molar-refractivity contribution in [2.45, 2.75) is 92.9 Å². The molecule has 1 nitrogen and oxygen atoms in total. The third kappa shape index (κ3) is 4.12. The Bertz CT molecular complexity index is 1070. The lowest BCUT2D eigenvalue weighted by molar-refractivity contribution is 0.446. The summed E-state index contributed by atoms with van der Waals surface area (Å²) >= 11 is 0. The van der Waals surface area contributed by atoms with Crippen LogP contribution in [0.4, 0.5) is 0 Å². The van der Waals surface area contributed by atoms with Crippen LogP contribution in [-0.2, 0) is 10.8 Å². The smallest absolute Gasteiger partial charge is 0.127 e. The summed E-state index contributed by atoms with van der Waals surface area (Å²) in [6.07, 6.45) is 0. The Morgan fingerprint density at radius 2 is 1.23 bits per heavy atom. The highest BCUT2D eigenvalue weighted by atomic mass is 16.3. The highest BCUT2D eigenvalue weighted by Crippen LogP contribution is 2.49. The van der Waals surface area contributed by atoms with Crippen molar-refractivity contribution < 1.29 is 5.11 Å². The van der Waals surface area contributed by atoms with Crippen molar-refractivity contribution in [2.75, 3.05) is 0 Å². The lowest BCUT2D eigenvalue weighted by Crippen LogP contribution is -2.17. The summed E-state index contributed by atoms with van der Waals surface area (Å²) in [6, 6.07) is 11.1. The number of allylic oxidation sites excluding steroid dienone is 4. The molecule has 1 aliphatic rings. The maximum atomic E-state index is 11.5. The van der Waals surface area contributed by atoms with Gasteiger partial charge in [0.15, 0.2) is 0 Å². The first-order valence-corrected chi connectivity index (χ1v) is 11.5. The first kappa shape index (κ1) is 23.4. The van der Waals surface area contributed by atoms with E-state index in [2.05, 4.69) is 106 Å². The zero-order valence-electron chi connectivity index (χ0n) is 21.4. The summed E-state index contributed by atoms with van der Waals surface area (Å²) in [5.74, 6) is 0.686. The van der Waals surface area contributed by atoms with Crippen LogP contribution < -0.4 is 0 Å². The van der Waals surface area contributed by atoms with E-state index in [1.807, 2.05) is 0 Å². The largest absolute Gasteiger partial charge is 0.507 e. The zero-order chi connectivity index (χ0) is 23.5. The summed E-state index contributed by atoms with van der Waals surface area (Å²) < 4.78 is 0. The minimum atomic E-state index is -0.142. The Hall–Kier alpha value is -2.28. The predicted molar refractivity (Wildman–Crippen MR) is 135 cm³/mol. The molecule has 0 aliphatic heterocycles. The van der Waals surface area contributed by atoms with Gasteiger partial charge in [0.2, 0.25) is 0 Å². The first-order chi connectivity index (χ1) is 14.1. The van der Waals surface area contributed by atoms with Gasteiger partial charge in [-0.3, -0.25) is 0 Å². The van der Waals surface area contributed by atoms with Gasteiger partial charge in [-0.2, -0.15) is 0 Å². The van der Waals surface area contributed by atoms with E-state index in [1.165, 1.54) is 39.0 Å². The third-order valence-electron chi connectivity index (χ3n) is 7.20. The van der Waals surface area contributed by atoms with Crippen LogP contribution in [0.25, 0.3) is 11.1 Å². The van der Waals surface area contributed by atoms with Crippen molar-refractivity contribution in [3.63, 3.8) is 0 Å². The monoisotopic (exact) mass is 416 g/mol. The number of aryl methyl sites for hydroxylation is 1. The molecule has 0 saturated heterocycles. The van der Waals surface area contributed by atoms with Crippen LogP contribution in [0.5, 0.6) is 5.75 Å². The van der Waals surface area contributed by atoms with Crippen molar-refractivity contribution in [2.24, 2.45) is 0 Å². The molecule has 0 spiro atoms. The third-order valence-corrected chi connectivity index (χ3v) is 7.20. The molecule has 0 fully saturated rings. The van der Waals surface area contributed by atoms with Crippen LogP contribution in [-0.4, -0.2) is 5.11 Å². The molecule has 3 rings (SSSR count). The van der Waals surface area contributed by atoms with Gasteiger partial charge in [-0.15, -0.1) is 0 Å². The Kier molecular flexibility index (Phi) is 5.80.